The molecule has 2 aromatic carbocycles. The number of carbonyl (C=O) groups is 1. The van der Waals surface area contributed by atoms with Crippen molar-refractivity contribution in [2.45, 2.75) is 25.8 Å². The number of nitrogens with zero attached hydrogens (tertiary/aromatic N) is 1. The fourth-order valence-corrected chi connectivity index (χ4v) is 3.58. The predicted molar refractivity (Wildman–Crippen MR) is 86.2 cm³/mol. The van der Waals surface area contributed by atoms with E-state index in [0.717, 1.165) is 29.8 Å². The quantitative estimate of drug-likeness (QED) is 0.808. The standard InChI is InChI=1S/C19H19NO2/c1-13-10-14-6-2-4-8-17(14)20(13)19(21)16-11-15-7-3-5-9-18(15)22-12-16/h2-9,13,16H,10-12H2,1H3. The van der Waals surface area contributed by atoms with Crippen molar-refractivity contribution >= 4 is 11.6 Å². The van der Waals surface area contributed by atoms with Crippen LogP contribution >= 0.6 is 0 Å². The zero-order chi connectivity index (χ0) is 15.1. The molecule has 3 heteroatoms. The van der Waals surface area contributed by atoms with Crippen LogP contribution in [0.5, 0.6) is 5.75 Å². The first-order valence-electron chi connectivity index (χ1n) is 7.85. The highest BCUT2D eigenvalue weighted by Crippen LogP contribution is 2.35. The Kier molecular flexibility index (Phi) is 3.14. The van der Waals surface area contributed by atoms with E-state index in [1.807, 2.05) is 41.3 Å². The monoisotopic (exact) mass is 293 g/mol. The van der Waals surface area contributed by atoms with E-state index in [1.54, 1.807) is 0 Å². The van der Waals surface area contributed by atoms with Gasteiger partial charge >= 0.3 is 0 Å². The molecule has 2 aromatic rings. The minimum absolute atomic E-state index is 0.0940. The zero-order valence-electron chi connectivity index (χ0n) is 12.7. The number of hydrogen-bond acceptors (Lipinski definition) is 2. The van der Waals surface area contributed by atoms with E-state index in [2.05, 4.69) is 19.1 Å². The van der Waals surface area contributed by atoms with Crippen molar-refractivity contribution in [1.82, 2.24) is 0 Å². The van der Waals surface area contributed by atoms with Gasteiger partial charge in [-0.3, -0.25) is 4.79 Å². The lowest BCUT2D eigenvalue weighted by atomic mass is 9.95. The van der Waals surface area contributed by atoms with Gasteiger partial charge < -0.3 is 9.64 Å². The molecule has 2 aliphatic heterocycles. The molecular formula is C19H19NO2. The van der Waals surface area contributed by atoms with Gasteiger partial charge in [-0.25, -0.2) is 0 Å². The Hall–Kier alpha value is -2.29. The molecule has 0 fully saturated rings. The maximum absolute atomic E-state index is 13.0. The average molecular weight is 293 g/mol. The highest BCUT2D eigenvalue weighted by atomic mass is 16.5. The van der Waals surface area contributed by atoms with E-state index in [4.69, 9.17) is 4.74 Å². The summed E-state index contributed by atoms with van der Waals surface area (Å²) in [7, 11) is 0. The van der Waals surface area contributed by atoms with Gasteiger partial charge in [-0.15, -0.1) is 0 Å². The first-order chi connectivity index (χ1) is 10.7. The summed E-state index contributed by atoms with van der Waals surface area (Å²) in [4.78, 5) is 15.0. The Morgan fingerprint density at radius 1 is 1.05 bits per heavy atom. The topological polar surface area (TPSA) is 29.5 Å². The number of hydrogen-bond donors (Lipinski definition) is 0. The molecule has 2 heterocycles. The third-order valence-electron chi connectivity index (χ3n) is 4.67. The molecule has 0 saturated heterocycles. The number of rotatable bonds is 1. The third-order valence-corrected chi connectivity index (χ3v) is 4.67. The summed E-state index contributed by atoms with van der Waals surface area (Å²) in [6, 6.07) is 16.4. The Labute approximate surface area is 130 Å². The molecule has 0 N–H and O–H groups in total. The molecule has 0 spiro atoms. The van der Waals surface area contributed by atoms with Crippen LogP contribution in [0.25, 0.3) is 0 Å². The molecule has 0 radical (unpaired) electrons. The first-order valence-corrected chi connectivity index (χ1v) is 7.85. The highest BCUT2D eigenvalue weighted by Gasteiger charge is 2.36. The molecule has 112 valence electrons. The van der Waals surface area contributed by atoms with Gasteiger partial charge in [-0.2, -0.15) is 0 Å². The fraction of sp³-hybridized carbons (Fsp3) is 0.316. The van der Waals surface area contributed by atoms with Crippen molar-refractivity contribution in [3.63, 3.8) is 0 Å². The minimum atomic E-state index is -0.0940. The van der Waals surface area contributed by atoms with Crippen molar-refractivity contribution in [1.29, 1.82) is 0 Å². The summed E-state index contributed by atoms with van der Waals surface area (Å²) in [5, 5.41) is 0. The number of para-hydroxylation sites is 2. The largest absolute Gasteiger partial charge is 0.492 e. The molecule has 2 atom stereocenters. The maximum Gasteiger partial charge on any atom is 0.234 e. The maximum atomic E-state index is 13.0. The smallest absolute Gasteiger partial charge is 0.234 e. The highest BCUT2D eigenvalue weighted by molar-refractivity contribution is 5.98. The van der Waals surface area contributed by atoms with Crippen molar-refractivity contribution in [2.24, 2.45) is 5.92 Å². The summed E-state index contributed by atoms with van der Waals surface area (Å²) in [5.41, 5.74) is 3.46. The Balaban J connectivity index is 1.61. The van der Waals surface area contributed by atoms with Crippen LogP contribution in [0.15, 0.2) is 48.5 Å². The number of carbonyl (C=O) groups excluding carboxylic acids is 1. The second kappa shape index (κ2) is 5.16. The van der Waals surface area contributed by atoms with E-state index in [0.29, 0.717) is 6.61 Å². The second-order valence-corrected chi connectivity index (χ2v) is 6.21. The molecule has 0 aromatic heterocycles. The summed E-state index contributed by atoms with van der Waals surface area (Å²) in [6.07, 6.45) is 1.70. The molecule has 0 aliphatic carbocycles. The lowest BCUT2D eigenvalue weighted by molar-refractivity contribution is -0.123. The molecule has 22 heavy (non-hydrogen) atoms. The zero-order valence-corrected chi connectivity index (χ0v) is 12.7. The number of ether oxygens (including phenoxy) is 1. The molecule has 0 saturated carbocycles. The summed E-state index contributed by atoms with van der Waals surface area (Å²) in [5.74, 6) is 1.01. The Bertz CT molecular complexity index is 725. The van der Waals surface area contributed by atoms with Crippen LogP contribution in [0.4, 0.5) is 5.69 Å². The molecule has 2 unspecified atom stereocenters. The van der Waals surface area contributed by atoms with Crippen LogP contribution in [0, 0.1) is 5.92 Å². The van der Waals surface area contributed by atoms with E-state index in [1.165, 1.54) is 5.56 Å². The number of benzene rings is 2. The van der Waals surface area contributed by atoms with Crippen molar-refractivity contribution < 1.29 is 9.53 Å². The molecule has 3 nitrogen and oxygen atoms in total. The summed E-state index contributed by atoms with van der Waals surface area (Å²) in [6.45, 7) is 2.59. The predicted octanol–water partition coefficient (Wildman–Crippen LogP) is 3.22. The molecule has 2 aliphatic rings. The van der Waals surface area contributed by atoms with Gasteiger partial charge in [0.2, 0.25) is 5.91 Å². The van der Waals surface area contributed by atoms with Crippen LogP contribution in [0.2, 0.25) is 0 Å². The van der Waals surface area contributed by atoms with Crippen molar-refractivity contribution in [3.05, 3.63) is 59.7 Å². The molecule has 0 bridgehead atoms. The molecule has 4 rings (SSSR count). The third kappa shape index (κ3) is 2.08. The lowest BCUT2D eigenvalue weighted by Crippen LogP contribution is -2.43. The van der Waals surface area contributed by atoms with Crippen LogP contribution in [-0.2, 0) is 17.6 Å². The van der Waals surface area contributed by atoms with Gasteiger partial charge in [0.05, 0.1) is 5.92 Å². The van der Waals surface area contributed by atoms with Gasteiger partial charge in [-0.1, -0.05) is 36.4 Å². The van der Waals surface area contributed by atoms with E-state index in [9.17, 15) is 4.79 Å². The van der Waals surface area contributed by atoms with Crippen LogP contribution in [0.3, 0.4) is 0 Å². The Morgan fingerprint density at radius 2 is 1.77 bits per heavy atom. The second-order valence-electron chi connectivity index (χ2n) is 6.21. The first kappa shape index (κ1) is 13.4. The van der Waals surface area contributed by atoms with E-state index in [-0.39, 0.29) is 17.9 Å². The summed E-state index contributed by atoms with van der Waals surface area (Å²) >= 11 is 0. The van der Waals surface area contributed by atoms with Crippen LogP contribution in [0.1, 0.15) is 18.1 Å². The molecular weight excluding hydrogens is 274 g/mol. The minimum Gasteiger partial charge on any atom is -0.492 e. The van der Waals surface area contributed by atoms with Crippen LogP contribution < -0.4 is 9.64 Å². The normalized spacial score (nSPS) is 22.7. The van der Waals surface area contributed by atoms with Crippen molar-refractivity contribution in [2.75, 3.05) is 11.5 Å². The van der Waals surface area contributed by atoms with Gasteiger partial charge in [0, 0.05) is 11.7 Å². The van der Waals surface area contributed by atoms with Crippen molar-refractivity contribution in [3.8, 4) is 5.75 Å². The van der Waals surface area contributed by atoms with Gasteiger partial charge in [0.25, 0.3) is 0 Å². The van der Waals surface area contributed by atoms with Gasteiger partial charge in [0.1, 0.15) is 12.4 Å². The van der Waals surface area contributed by atoms with Gasteiger partial charge in [-0.05, 0) is 43.0 Å². The summed E-state index contributed by atoms with van der Waals surface area (Å²) < 4.78 is 5.79. The fourth-order valence-electron chi connectivity index (χ4n) is 3.58. The van der Waals surface area contributed by atoms with Crippen LogP contribution in [-0.4, -0.2) is 18.6 Å². The van der Waals surface area contributed by atoms with Gasteiger partial charge in [0.15, 0.2) is 0 Å². The number of fused-ring (bicyclic) bond motifs is 2. The Morgan fingerprint density at radius 3 is 2.64 bits per heavy atom. The average Bonchev–Trinajstić information content (AvgIpc) is 2.89. The lowest BCUT2D eigenvalue weighted by Gasteiger charge is -2.30. The SMILES string of the molecule is CC1Cc2ccccc2N1C(=O)C1COc2ccccc2C1. The number of anilines is 1. The van der Waals surface area contributed by atoms with E-state index >= 15 is 0 Å². The molecule has 1 amide bonds. The number of amides is 1. The van der Waals surface area contributed by atoms with E-state index < -0.39 is 0 Å².